The lowest BCUT2D eigenvalue weighted by atomic mass is 10.0. The highest BCUT2D eigenvalue weighted by atomic mass is 35.5. The number of hydrogen-bond donors (Lipinski definition) is 1. The van der Waals surface area contributed by atoms with Gasteiger partial charge in [0, 0.05) is 11.6 Å². The van der Waals surface area contributed by atoms with E-state index in [4.69, 9.17) is 16.3 Å². The van der Waals surface area contributed by atoms with Gasteiger partial charge in [-0.2, -0.15) is 0 Å². The Kier molecular flexibility index (Phi) is 5.29. The van der Waals surface area contributed by atoms with Crippen molar-refractivity contribution >= 4 is 11.6 Å². The summed E-state index contributed by atoms with van der Waals surface area (Å²) in [5.74, 6) is 0.914. The minimum absolute atomic E-state index is 0.172. The van der Waals surface area contributed by atoms with E-state index in [0.717, 1.165) is 35.8 Å². The third-order valence-electron chi connectivity index (χ3n) is 2.99. The molecule has 0 saturated heterocycles. The monoisotopic (exact) mass is 255 g/mol. The van der Waals surface area contributed by atoms with Crippen molar-refractivity contribution in [1.82, 2.24) is 5.32 Å². The first-order valence-corrected chi connectivity index (χ1v) is 6.54. The topological polar surface area (TPSA) is 21.3 Å². The number of ether oxygens (including phenoxy) is 1. The molecule has 0 heterocycles. The fourth-order valence-electron chi connectivity index (χ4n) is 1.62. The van der Waals surface area contributed by atoms with E-state index in [1.807, 2.05) is 25.1 Å². The fraction of sp³-hybridized carbons (Fsp3) is 0.571. The Morgan fingerprint density at radius 1 is 1.35 bits per heavy atom. The standard InChI is InChI=1S/C14H22ClNO/c1-5-14(4,10-16-6-2)17-13-8-7-12(15)9-11(13)3/h7-9,16H,5-6,10H2,1-4H3. The van der Waals surface area contributed by atoms with E-state index in [-0.39, 0.29) is 5.60 Å². The van der Waals surface area contributed by atoms with Crippen LogP contribution in [0.15, 0.2) is 18.2 Å². The molecule has 0 radical (unpaired) electrons. The number of benzene rings is 1. The highest BCUT2D eigenvalue weighted by Crippen LogP contribution is 2.26. The largest absolute Gasteiger partial charge is 0.486 e. The first-order chi connectivity index (χ1) is 8.00. The molecule has 1 rings (SSSR count). The van der Waals surface area contributed by atoms with Crippen molar-refractivity contribution in [2.45, 2.75) is 39.7 Å². The molecule has 0 aliphatic rings. The third kappa shape index (κ3) is 4.21. The molecule has 3 heteroatoms. The molecule has 96 valence electrons. The summed E-state index contributed by atoms with van der Waals surface area (Å²) in [5, 5.41) is 4.09. The molecular weight excluding hydrogens is 234 g/mol. The Morgan fingerprint density at radius 3 is 2.59 bits per heavy atom. The second-order valence-corrected chi connectivity index (χ2v) is 5.03. The first-order valence-electron chi connectivity index (χ1n) is 6.16. The van der Waals surface area contributed by atoms with Crippen LogP contribution >= 0.6 is 11.6 Å². The van der Waals surface area contributed by atoms with Crippen LogP contribution in [0.5, 0.6) is 5.75 Å². The maximum atomic E-state index is 6.12. The molecule has 0 spiro atoms. The van der Waals surface area contributed by atoms with Crippen LogP contribution in [0.3, 0.4) is 0 Å². The molecule has 0 saturated carbocycles. The minimum atomic E-state index is -0.172. The van der Waals surface area contributed by atoms with E-state index in [9.17, 15) is 0 Å². The summed E-state index contributed by atoms with van der Waals surface area (Å²) in [6.07, 6.45) is 0.960. The summed E-state index contributed by atoms with van der Waals surface area (Å²) in [7, 11) is 0. The van der Waals surface area contributed by atoms with E-state index in [0.29, 0.717) is 0 Å². The van der Waals surface area contributed by atoms with Gasteiger partial charge in [-0.25, -0.2) is 0 Å². The molecule has 1 aromatic rings. The van der Waals surface area contributed by atoms with E-state index in [1.165, 1.54) is 0 Å². The molecule has 0 aromatic heterocycles. The fourth-order valence-corrected chi connectivity index (χ4v) is 1.84. The lowest BCUT2D eigenvalue weighted by Gasteiger charge is -2.30. The van der Waals surface area contributed by atoms with Gasteiger partial charge < -0.3 is 10.1 Å². The Balaban J connectivity index is 2.79. The van der Waals surface area contributed by atoms with Gasteiger partial charge in [-0.1, -0.05) is 25.4 Å². The van der Waals surface area contributed by atoms with Crippen molar-refractivity contribution in [2.24, 2.45) is 0 Å². The molecule has 0 aliphatic carbocycles. The maximum absolute atomic E-state index is 6.12. The van der Waals surface area contributed by atoms with Crippen LogP contribution in [-0.2, 0) is 0 Å². The zero-order valence-corrected chi connectivity index (χ0v) is 11.9. The molecule has 1 N–H and O–H groups in total. The predicted molar refractivity (Wildman–Crippen MR) is 74.1 cm³/mol. The molecule has 1 unspecified atom stereocenters. The molecule has 0 amide bonds. The summed E-state index contributed by atoms with van der Waals surface area (Å²) in [6.45, 7) is 10.2. The molecule has 0 bridgehead atoms. The Bertz CT molecular complexity index is 367. The number of halogens is 1. The van der Waals surface area contributed by atoms with Crippen molar-refractivity contribution in [2.75, 3.05) is 13.1 Å². The van der Waals surface area contributed by atoms with Crippen LogP contribution in [-0.4, -0.2) is 18.7 Å². The molecule has 1 aromatic carbocycles. The first kappa shape index (κ1) is 14.3. The summed E-state index contributed by atoms with van der Waals surface area (Å²) >= 11 is 5.94. The van der Waals surface area contributed by atoms with E-state index in [2.05, 4.69) is 26.1 Å². The number of hydrogen-bond acceptors (Lipinski definition) is 2. The average Bonchev–Trinajstić information content (AvgIpc) is 2.30. The van der Waals surface area contributed by atoms with Gasteiger partial charge in [0.05, 0.1) is 0 Å². The van der Waals surface area contributed by atoms with Gasteiger partial charge in [-0.3, -0.25) is 0 Å². The Labute approximate surface area is 109 Å². The number of aryl methyl sites for hydroxylation is 1. The normalized spacial score (nSPS) is 14.4. The highest BCUT2D eigenvalue weighted by Gasteiger charge is 2.24. The van der Waals surface area contributed by atoms with E-state index >= 15 is 0 Å². The van der Waals surface area contributed by atoms with Gasteiger partial charge in [0.15, 0.2) is 0 Å². The van der Waals surface area contributed by atoms with Crippen molar-refractivity contribution in [3.63, 3.8) is 0 Å². The summed E-state index contributed by atoms with van der Waals surface area (Å²) in [6, 6.07) is 5.74. The highest BCUT2D eigenvalue weighted by molar-refractivity contribution is 6.30. The summed E-state index contributed by atoms with van der Waals surface area (Å²) < 4.78 is 6.12. The Hall–Kier alpha value is -0.730. The van der Waals surface area contributed by atoms with Crippen LogP contribution < -0.4 is 10.1 Å². The number of rotatable bonds is 6. The number of nitrogens with one attached hydrogen (secondary N) is 1. The van der Waals surface area contributed by atoms with Gasteiger partial charge in [0.2, 0.25) is 0 Å². The van der Waals surface area contributed by atoms with Crippen molar-refractivity contribution in [3.05, 3.63) is 28.8 Å². The van der Waals surface area contributed by atoms with E-state index < -0.39 is 0 Å². The average molecular weight is 256 g/mol. The van der Waals surface area contributed by atoms with E-state index in [1.54, 1.807) is 0 Å². The molecule has 2 nitrogen and oxygen atoms in total. The summed E-state index contributed by atoms with van der Waals surface area (Å²) in [5.41, 5.74) is 0.905. The Morgan fingerprint density at radius 2 is 2.06 bits per heavy atom. The van der Waals surface area contributed by atoms with Gasteiger partial charge >= 0.3 is 0 Å². The van der Waals surface area contributed by atoms with Crippen LogP contribution in [0, 0.1) is 6.92 Å². The molecule has 0 fully saturated rings. The van der Waals surface area contributed by atoms with Crippen molar-refractivity contribution < 1.29 is 4.74 Å². The molecule has 0 aliphatic heterocycles. The van der Waals surface area contributed by atoms with Crippen LogP contribution in [0.25, 0.3) is 0 Å². The molecule has 17 heavy (non-hydrogen) atoms. The third-order valence-corrected chi connectivity index (χ3v) is 3.23. The lowest BCUT2D eigenvalue weighted by Crippen LogP contribution is -2.42. The quantitative estimate of drug-likeness (QED) is 0.835. The van der Waals surface area contributed by atoms with Gasteiger partial charge in [-0.15, -0.1) is 0 Å². The summed E-state index contributed by atoms with van der Waals surface area (Å²) in [4.78, 5) is 0. The zero-order chi connectivity index (χ0) is 12.9. The second-order valence-electron chi connectivity index (χ2n) is 4.60. The predicted octanol–water partition coefficient (Wildman–Crippen LogP) is 3.81. The van der Waals surface area contributed by atoms with Gasteiger partial charge in [0.25, 0.3) is 0 Å². The zero-order valence-electron chi connectivity index (χ0n) is 11.1. The van der Waals surface area contributed by atoms with Crippen molar-refractivity contribution in [1.29, 1.82) is 0 Å². The lowest BCUT2D eigenvalue weighted by molar-refractivity contribution is 0.0833. The second kappa shape index (κ2) is 6.27. The SMILES string of the molecule is CCNCC(C)(CC)Oc1ccc(Cl)cc1C. The van der Waals surface area contributed by atoms with Gasteiger partial charge in [-0.05, 0) is 50.6 Å². The van der Waals surface area contributed by atoms with Crippen LogP contribution in [0.4, 0.5) is 0 Å². The smallest absolute Gasteiger partial charge is 0.123 e. The molecule has 1 atom stereocenters. The van der Waals surface area contributed by atoms with Crippen molar-refractivity contribution in [3.8, 4) is 5.75 Å². The van der Waals surface area contributed by atoms with Crippen LogP contribution in [0.2, 0.25) is 5.02 Å². The van der Waals surface area contributed by atoms with Gasteiger partial charge in [0.1, 0.15) is 11.4 Å². The molecular formula is C14H22ClNO. The maximum Gasteiger partial charge on any atom is 0.123 e. The number of likely N-dealkylation sites (N-methyl/N-ethyl adjacent to an activating group) is 1. The van der Waals surface area contributed by atoms with Crippen LogP contribution in [0.1, 0.15) is 32.8 Å². The minimum Gasteiger partial charge on any atom is -0.486 e.